The number of pyridine rings is 3. The second-order valence-corrected chi connectivity index (χ2v) is 9.69. The van der Waals surface area contributed by atoms with Crippen molar-refractivity contribution in [1.82, 2.24) is 25.2 Å². The molecule has 2 aliphatic heterocycles. The zero-order chi connectivity index (χ0) is 25.2. The number of rotatable bonds is 6. The Bertz CT molecular complexity index is 1330. The molecule has 0 radical (unpaired) electrons. The highest BCUT2D eigenvalue weighted by atomic mass is 32.2. The number of anilines is 1. The maximum atomic E-state index is 14.6. The van der Waals surface area contributed by atoms with Gasteiger partial charge in [0.05, 0.1) is 47.1 Å². The van der Waals surface area contributed by atoms with Crippen molar-refractivity contribution in [3.05, 3.63) is 47.5 Å². The molecular weight excluding hydrogens is 487 g/mol. The molecule has 5 heterocycles. The van der Waals surface area contributed by atoms with Crippen LogP contribution < -0.4 is 15.4 Å². The number of hydrogen-bond acceptors (Lipinski definition) is 9. The van der Waals surface area contributed by atoms with Crippen LogP contribution in [0.2, 0.25) is 0 Å². The van der Waals surface area contributed by atoms with Gasteiger partial charge in [0.2, 0.25) is 11.8 Å². The monoisotopic (exact) mass is 512 g/mol. The van der Waals surface area contributed by atoms with Crippen LogP contribution in [0.5, 0.6) is 5.88 Å². The fraction of sp³-hybridized carbons (Fsp3) is 0.375. The molecule has 2 atom stereocenters. The number of carbonyl (C=O) groups is 2. The number of thioether (sulfide) groups is 1. The number of carbonyl (C=O) groups excluding carboxylic acids is 2. The molecule has 2 unspecified atom stereocenters. The number of aliphatic hydroxyl groups is 1. The first-order valence-electron chi connectivity index (χ1n) is 11.5. The van der Waals surface area contributed by atoms with Gasteiger partial charge in [0.25, 0.3) is 5.91 Å². The largest absolute Gasteiger partial charge is 0.481 e. The van der Waals surface area contributed by atoms with Crippen molar-refractivity contribution < 1.29 is 23.8 Å². The Morgan fingerprint density at radius 3 is 3.00 bits per heavy atom. The highest BCUT2D eigenvalue weighted by Crippen LogP contribution is 2.29. The number of piperidine rings is 1. The number of nitrogens with one attached hydrogen (secondary N) is 2. The van der Waals surface area contributed by atoms with Gasteiger partial charge in [0.15, 0.2) is 0 Å². The van der Waals surface area contributed by atoms with Crippen LogP contribution in [0, 0.1) is 5.82 Å². The molecule has 0 spiro atoms. The van der Waals surface area contributed by atoms with Gasteiger partial charge in [0, 0.05) is 31.3 Å². The molecule has 1 fully saturated rings. The fourth-order valence-electron chi connectivity index (χ4n) is 4.40. The van der Waals surface area contributed by atoms with Crippen molar-refractivity contribution in [3.63, 3.8) is 0 Å². The molecule has 0 aromatic carbocycles. The molecule has 3 aromatic heterocycles. The molecule has 3 N–H and O–H groups in total. The van der Waals surface area contributed by atoms with Crippen LogP contribution in [-0.4, -0.2) is 81.4 Å². The van der Waals surface area contributed by atoms with Gasteiger partial charge < -0.3 is 25.4 Å². The number of likely N-dealkylation sites (tertiary alicyclic amines) is 1. The van der Waals surface area contributed by atoms with Crippen LogP contribution in [0.3, 0.4) is 0 Å². The molecule has 10 nitrogen and oxygen atoms in total. The number of aliphatic hydroxyl groups excluding tert-OH is 1. The molecule has 0 saturated carbocycles. The average Bonchev–Trinajstić information content (AvgIpc) is 2.88. The van der Waals surface area contributed by atoms with Crippen LogP contribution in [0.15, 0.2) is 35.4 Å². The van der Waals surface area contributed by atoms with Crippen LogP contribution in [-0.2, 0) is 11.2 Å². The molecule has 1 saturated heterocycles. The number of nitrogens with zero attached hydrogens (tertiary/aromatic N) is 4. The number of aromatic nitrogens is 3. The lowest BCUT2D eigenvalue weighted by atomic mass is 10.0. The van der Waals surface area contributed by atoms with E-state index in [2.05, 4.69) is 25.6 Å². The van der Waals surface area contributed by atoms with Gasteiger partial charge in [-0.2, -0.15) is 0 Å². The van der Waals surface area contributed by atoms with E-state index in [4.69, 9.17) is 4.74 Å². The van der Waals surface area contributed by atoms with E-state index in [1.807, 2.05) is 4.90 Å². The Morgan fingerprint density at radius 2 is 2.19 bits per heavy atom. The standard InChI is InChI=1S/C24H25FN6O4S/c1-35-21-5-3-16-22(30-21)13(14(25)10-26-16)6-8-31-9-7-15(18(32)11-31)28-24(34)17-2-4-19-23(27-17)29-20(33)12-36-19/h2-5,10,15,18,32H,6-9,11-12H2,1H3,(H,28,34)(H,27,29,33). The summed E-state index contributed by atoms with van der Waals surface area (Å²) < 4.78 is 19.8. The minimum atomic E-state index is -0.798. The Balaban J connectivity index is 1.19. The Labute approximate surface area is 210 Å². The van der Waals surface area contributed by atoms with E-state index in [1.165, 1.54) is 25.1 Å². The summed E-state index contributed by atoms with van der Waals surface area (Å²) >= 11 is 1.37. The fourth-order valence-corrected chi connectivity index (χ4v) is 5.16. The second-order valence-electron chi connectivity index (χ2n) is 8.67. The van der Waals surface area contributed by atoms with Gasteiger partial charge >= 0.3 is 0 Å². The van der Waals surface area contributed by atoms with Crippen molar-refractivity contribution in [2.45, 2.75) is 29.9 Å². The van der Waals surface area contributed by atoms with Crippen LogP contribution >= 0.6 is 11.8 Å². The topological polar surface area (TPSA) is 130 Å². The molecule has 0 aliphatic carbocycles. The third kappa shape index (κ3) is 5.11. The summed E-state index contributed by atoms with van der Waals surface area (Å²) in [6, 6.07) is 6.34. The van der Waals surface area contributed by atoms with Crippen molar-refractivity contribution in [3.8, 4) is 5.88 Å². The van der Waals surface area contributed by atoms with Crippen molar-refractivity contribution in [2.75, 3.05) is 37.8 Å². The van der Waals surface area contributed by atoms with Crippen molar-refractivity contribution in [2.24, 2.45) is 0 Å². The van der Waals surface area contributed by atoms with E-state index < -0.39 is 23.9 Å². The van der Waals surface area contributed by atoms with Gasteiger partial charge in [-0.05, 0) is 31.0 Å². The average molecular weight is 513 g/mol. The molecule has 3 aromatic rings. The van der Waals surface area contributed by atoms with Gasteiger partial charge in [-0.25, -0.2) is 14.4 Å². The van der Waals surface area contributed by atoms with Gasteiger partial charge in [0.1, 0.15) is 17.3 Å². The number of methoxy groups -OCH3 is 1. The molecule has 188 valence electrons. The quantitative estimate of drug-likeness (QED) is 0.451. The van der Waals surface area contributed by atoms with Crippen LogP contribution in [0.4, 0.5) is 10.2 Å². The van der Waals surface area contributed by atoms with E-state index in [9.17, 15) is 19.1 Å². The minimum Gasteiger partial charge on any atom is -0.481 e. The first-order valence-corrected chi connectivity index (χ1v) is 12.5. The summed E-state index contributed by atoms with van der Waals surface area (Å²) in [6.45, 7) is 1.46. The lowest BCUT2D eigenvalue weighted by Gasteiger charge is -2.36. The smallest absolute Gasteiger partial charge is 0.270 e. The number of halogens is 1. The molecular formula is C24H25FN6O4S. The maximum absolute atomic E-state index is 14.6. The predicted octanol–water partition coefficient (Wildman–Crippen LogP) is 1.62. The molecule has 36 heavy (non-hydrogen) atoms. The van der Waals surface area contributed by atoms with E-state index in [-0.39, 0.29) is 11.6 Å². The number of amides is 2. The highest BCUT2D eigenvalue weighted by molar-refractivity contribution is 8.00. The Morgan fingerprint density at radius 1 is 1.33 bits per heavy atom. The Hall–Kier alpha value is -3.35. The summed E-state index contributed by atoms with van der Waals surface area (Å²) in [6.07, 6.45) is 1.31. The van der Waals surface area contributed by atoms with Gasteiger partial charge in [-0.3, -0.25) is 14.6 Å². The Kier molecular flexibility index (Phi) is 6.99. The summed E-state index contributed by atoms with van der Waals surface area (Å²) in [5, 5.41) is 16.2. The summed E-state index contributed by atoms with van der Waals surface area (Å²) in [5.74, 6) is 0.0816. The first-order chi connectivity index (χ1) is 17.4. The van der Waals surface area contributed by atoms with E-state index in [0.717, 1.165) is 4.90 Å². The second kappa shape index (κ2) is 10.3. The summed E-state index contributed by atoms with van der Waals surface area (Å²) in [5.41, 5.74) is 1.67. The normalized spacial score (nSPS) is 20.0. The third-order valence-corrected chi connectivity index (χ3v) is 7.36. The van der Waals surface area contributed by atoms with Crippen molar-refractivity contribution >= 4 is 40.4 Å². The number of hydrogen-bond donors (Lipinski definition) is 3. The van der Waals surface area contributed by atoms with Crippen LogP contribution in [0.1, 0.15) is 22.5 Å². The first kappa shape index (κ1) is 24.3. The van der Waals surface area contributed by atoms with Crippen molar-refractivity contribution in [1.29, 1.82) is 0 Å². The zero-order valence-electron chi connectivity index (χ0n) is 19.5. The molecule has 12 heteroatoms. The van der Waals surface area contributed by atoms with E-state index in [0.29, 0.717) is 66.5 Å². The zero-order valence-corrected chi connectivity index (χ0v) is 20.3. The highest BCUT2D eigenvalue weighted by Gasteiger charge is 2.30. The lowest BCUT2D eigenvalue weighted by Crippen LogP contribution is -2.54. The van der Waals surface area contributed by atoms with Crippen LogP contribution in [0.25, 0.3) is 11.0 Å². The SMILES string of the molecule is COc1ccc2ncc(F)c(CCN3CCC(NC(=O)c4ccc5c(n4)NC(=O)CS5)C(O)C3)c2n1. The molecule has 0 bridgehead atoms. The van der Waals surface area contributed by atoms with Gasteiger partial charge in [-0.15, -0.1) is 11.8 Å². The van der Waals surface area contributed by atoms with E-state index >= 15 is 0 Å². The molecule has 2 amide bonds. The van der Waals surface area contributed by atoms with Gasteiger partial charge in [-0.1, -0.05) is 0 Å². The molecule has 5 rings (SSSR count). The summed E-state index contributed by atoms with van der Waals surface area (Å²) in [4.78, 5) is 39.9. The maximum Gasteiger partial charge on any atom is 0.270 e. The number of β-amino-alcohol motifs (C(OH)–C–C–N with tert-alkyl or cyclic N) is 1. The van der Waals surface area contributed by atoms with E-state index in [1.54, 1.807) is 24.3 Å². The predicted molar refractivity (Wildman–Crippen MR) is 132 cm³/mol. The minimum absolute atomic E-state index is 0.157. The lowest BCUT2D eigenvalue weighted by molar-refractivity contribution is -0.113. The molecule has 2 aliphatic rings. The summed E-state index contributed by atoms with van der Waals surface area (Å²) in [7, 11) is 1.50. The third-order valence-electron chi connectivity index (χ3n) is 6.32. The number of ether oxygens (including phenoxy) is 1. The number of fused-ring (bicyclic) bond motifs is 2.